The van der Waals surface area contributed by atoms with Crippen molar-refractivity contribution in [3.63, 3.8) is 0 Å². The van der Waals surface area contributed by atoms with Gasteiger partial charge in [-0.05, 0) is 12.8 Å². The van der Waals surface area contributed by atoms with Gasteiger partial charge in [-0.1, -0.05) is 12.8 Å². The minimum Gasteiger partial charge on any atom is -0.377 e. The van der Waals surface area contributed by atoms with Crippen LogP contribution < -0.4 is 10.6 Å². The lowest BCUT2D eigenvalue weighted by Gasteiger charge is -2.10. The molecule has 82 valence electrons. The summed E-state index contributed by atoms with van der Waals surface area (Å²) in [6.07, 6.45) is 5.48. The first-order valence-electron chi connectivity index (χ1n) is 5.36. The maximum Gasteiger partial charge on any atom is 0.233 e. The van der Waals surface area contributed by atoms with Crippen LogP contribution in [0.4, 0.5) is 0 Å². The molecule has 1 fully saturated rings. The molecule has 0 heterocycles. The van der Waals surface area contributed by atoms with Gasteiger partial charge in [0.15, 0.2) is 0 Å². The maximum absolute atomic E-state index is 10.8. The molecule has 0 spiro atoms. The predicted octanol–water partition coefficient (Wildman–Crippen LogP) is 0.281. The molecule has 1 saturated carbocycles. The normalized spacial score (nSPS) is 17.2. The number of nitrogens with one attached hydrogen (secondary N) is 2. The molecule has 0 unspecified atom stereocenters. The van der Waals surface area contributed by atoms with Crippen molar-refractivity contribution in [2.24, 2.45) is 0 Å². The van der Waals surface area contributed by atoms with Gasteiger partial charge in [0.05, 0.1) is 19.3 Å². The van der Waals surface area contributed by atoms with Crippen LogP contribution >= 0.6 is 0 Å². The van der Waals surface area contributed by atoms with Crippen LogP contribution in [0.1, 0.15) is 25.7 Å². The fraction of sp³-hybridized carbons (Fsp3) is 0.900. The Bertz CT molecular complexity index is 168. The van der Waals surface area contributed by atoms with Crippen LogP contribution in [0.3, 0.4) is 0 Å². The number of amides is 1. The molecule has 0 radical (unpaired) electrons. The molecule has 0 aromatic carbocycles. The van der Waals surface area contributed by atoms with Crippen LogP contribution in [0.15, 0.2) is 0 Å². The summed E-state index contributed by atoms with van der Waals surface area (Å²) >= 11 is 0. The maximum atomic E-state index is 10.8. The third kappa shape index (κ3) is 4.58. The van der Waals surface area contributed by atoms with Gasteiger partial charge in [0.1, 0.15) is 0 Å². The quantitative estimate of drug-likeness (QED) is 0.606. The number of carbonyl (C=O) groups is 1. The van der Waals surface area contributed by atoms with Gasteiger partial charge in [-0.2, -0.15) is 0 Å². The van der Waals surface area contributed by atoms with E-state index in [9.17, 15) is 4.79 Å². The highest BCUT2D eigenvalue weighted by molar-refractivity contribution is 5.77. The Labute approximate surface area is 85.4 Å². The van der Waals surface area contributed by atoms with Crippen molar-refractivity contribution in [3.8, 4) is 0 Å². The lowest BCUT2D eigenvalue weighted by Crippen LogP contribution is -2.33. The van der Waals surface area contributed by atoms with Crippen molar-refractivity contribution in [2.75, 3.05) is 26.7 Å². The first-order valence-corrected chi connectivity index (χ1v) is 5.36. The number of carbonyl (C=O) groups excluding carboxylic acids is 1. The summed E-state index contributed by atoms with van der Waals surface area (Å²) in [5.41, 5.74) is 0. The van der Waals surface area contributed by atoms with Crippen molar-refractivity contribution >= 4 is 5.91 Å². The zero-order valence-corrected chi connectivity index (χ0v) is 8.84. The van der Waals surface area contributed by atoms with Crippen LogP contribution in [-0.4, -0.2) is 38.8 Å². The molecule has 14 heavy (non-hydrogen) atoms. The Hall–Kier alpha value is -0.610. The van der Waals surface area contributed by atoms with Gasteiger partial charge in [-0.15, -0.1) is 0 Å². The van der Waals surface area contributed by atoms with E-state index in [2.05, 4.69) is 10.6 Å². The molecular weight excluding hydrogens is 180 g/mol. The summed E-state index contributed by atoms with van der Waals surface area (Å²) in [5, 5.41) is 5.58. The Morgan fingerprint density at radius 2 is 2.14 bits per heavy atom. The molecule has 0 atom stereocenters. The largest absolute Gasteiger partial charge is 0.377 e. The second-order valence-corrected chi connectivity index (χ2v) is 3.63. The molecule has 4 heteroatoms. The van der Waals surface area contributed by atoms with E-state index in [0.717, 1.165) is 6.54 Å². The van der Waals surface area contributed by atoms with Gasteiger partial charge >= 0.3 is 0 Å². The summed E-state index contributed by atoms with van der Waals surface area (Å²) in [6, 6.07) is 0. The molecule has 0 bridgehead atoms. The standard InChI is InChI=1S/C10H20N2O2/c1-11-10(13)8-12-6-7-14-9-4-2-3-5-9/h9,12H,2-8H2,1H3,(H,11,13). The van der Waals surface area contributed by atoms with Gasteiger partial charge in [0.2, 0.25) is 5.91 Å². The molecule has 0 aliphatic heterocycles. The zero-order valence-electron chi connectivity index (χ0n) is 8.84. The van der Waals surface area contributed by atoms with Gasteiger partial charge < -0.3 is 15.4 Å². The predicted molar refractivity (Wildman–Crippen MR) is 55.1 cm³/mol. The zero-order chi connectivity index (χ0) is 10.2. The first-order chi connectivity index (χ1) is 6.83. The second kappa shape index (κ2) is 6.79. The third-order valence-electron chi connectivity index (χ3n) is 2.50. The van der Waals surface area contributed by atoms with E-state index in [1.165, 1.54) is 25.7 Å². The van der Waals surface area contributed by atoms with Crippen LogP contribution in [0.5, 0.6) is 0 Å². The second-order valence-electron chi connectivity index (χ2n) is 3.63. The van der Waals surface area contributed by atoms with E-state index in [4.69, 9.17) is 4.74 Å². The average Bonchev–Trinajstić information content (AvgIpc) is 2.69. The Morgan fingerprint density at radius 3 is 2.79 bits per heavy atom. The lowest BCUT2D eigenvalue weighted by atomic mass is 10.3. The Kier molecular flexibility index (Phi) is 5.56. The van der Waals surface area contributed by atoms with Crippen LogP contribution in [0.25, 0.3) is 0 Å². The molecule has 1 aliphatic carbocycles. The summed E-state index contributed by atoms with van der Waals surface area (Å²) in [6.45, 7) is 1.84. The first kappa shape index (κ1) is 11.5. The molecule has 0 aromatic heterocycles. The molecule has 1 rings (SSSR count). The smallest absolute Gasteiger partial charge is 0.233 e. The number of rotatable bonds is 6. The molecule has 0 aromatic rings. The lowest BCUT2D eigenvalue weighted by molar-refractivity contribution is -0.119. The van der Waals surface area contributed by atoms with Crippen LogP contribution in [0, 0.1) is 0 Å². The van der Waals surface area contributed by atoms with Crippen molar-refractivity contribution < 1.29 is 9.53 Å². The van der Waals surface area contributed by atoms with Gasteiger partial charge in [-0.3, -0.25) is 4.79 Å². The van der Waals surface area contributed by atoms with Crippen molar-refractivity contribution in [3.05, 3.63) is 0 Å². The number of hydrogen-bond donors (Lipinski definition) is 2. The minimum atomic E-state index is 0.0193. The average molecular weight is 200 g/mol. The van der Waals surface area contributed by atoms with Crippen molar-refractivity contribution in [1.82, 2.24) is 10.6 Å². The SMILES string of the molecule is CNC(=O)CNCCOC1CCCC1. The number of ether oxygens (including phenoxy) is 1. The fourth-order valence-corrected chi connectivity index (χ4v) is 1.64. The highest BCUT2D eigenvalue weighted by Crippen LogP contribution is 2.20. The molecule has 1 aliphatic rings. The molecule has 4 nitrogen and oxygen atoms in total. The van der Waals surface area contributed by atoms with Crippen LogP contribution in [-0.2, 0) is 9.53 Å². The summed E-state index contributed by atoms with van der Waals surface area (Å²) < 4.78 is 5.62. The van der Waals surface area contributed by atoms with E-state index in [1.54, 1.807) is 7.05 Å². The number of likely N-dealkylation sites (N-methyl/N-ethyl adjacent to an activating group) is 1. The monoisotopic (exact) mass is 200 g/mol. The topological polar surface area (TPSA) is 50.4 Å². The van der Waals surface area contributed by atoms with Crippen molar-refractivity contribution in [2.45, 2.75) is 31.8 Å². The van der Waals surface area contributed by atoms with E-state index in [0.29, 0.717) is 19.3 Å². The minimum absolute atomic E-state index is 0.0193. The third-order valence-corrected chi connectivity index (χ3v) is 2.50. The molecule has 0 saturated heterocycles. The summed E-state index contributed by atoms with van der Waals surface area (Å²) in [4.78, 5) is 10.8. The van der Waals surface area contributed by atoms with E-state index in [1.807, 2.05) is 0 Å². The highest BCUT2D eigenvalue weighted by atomic mass is 16.5. The Morgan fingerprint density at radius 1 is 1.43 bits per heavy atom. The molecule has 2 N–H and O–H groups in total. The van der Waals surface area contributed by atoms with E-state index < -0.39 is 0 Å². The van der Waals surface area contributed by atoms with E-state index >= 15 is 0 Å². The van der Waals surface area contributed by atoms with Gasteiger partial charge in [0, 0.05) is 13.6 Å². The number of hydrogen-bond acceptors (Lipinski definition) is 3. The Balaban J connectivity index is 1.86. The van der Waals surface area contributed by atoms with E-state index in [-0.39, 0.29) is 5.91 Å². The van der Waals surface area contributed by atoms with Gasteiger partial charge in [-0.25, -0.2) is 0 Å². The van der Waals surface area contributed by atoms with Crippen LogP contribution in [0.2, 0.25) is 0 Å². The summed E-state index contributed by atoms with van der Waals surface area (Å²) in [7, 11) is 1.64. The fourth-order valence-electron chi connectivity index (χ4n) is 1.64. The molecule has 1 amide bonds. The van der Waals surface area contributed by atoms with Gasteiger partial charge in [0.25, 0.3) is 0 Å². The molecular formula is C10H20N2O2. The summed E-state index contributed by atoms with van der Waals surface area (Å²) in [5.74, 6) is 0.0193. The van der Waals surface area contributed by atoms with Crippen molar-refractivity contribution in [1.29, 1.82) is 0 Å². The highest BCUT2D eigenvalue weighted by Gasteiger charge is 2.14.